The van der Waals surface area contributed by atoms with E-state index in [0.717, 1.165) is 0 Å². The molecule has 0 radical (unpaired) electrons. The number of benzene rings is 4. The first-order chi connectivity index (χ1) is 20.3. The number of rotatable bonds is 4. The predicted octanol–water partition coefficient (Wildman–Crippen LogP) is 11.4. The van der Waals surface area contributed by atoms with E-state index in [-0.39, 0.29) is 16.2 Å². The maximum absolute atomic E-state index is 2.64. The molecule has 0 spiro atoms. The second-order valence-corrected chi connectivity index (χ2v) is 16.7. The normalized spacial score (nSPS) is 13.2. The fraction of sp³-hybridized carbons (Fsp3) is 0.452. The van der Waals surface area contributed by atoms with Gasteiger partial charge < -0.3 is 0 Å². The van der Waals surface area contributed by atoms with Crippen LogP contribution < -0.4 is 4.57 Å². The number of hydrogen-bond donors (Lipinski definition) is 0. The van der Waals surface area contributed by atoms with Crippen molar-refractivity contribution < 1.29 is 4.57 Å². The first kappa shape index (κ1) is 32.0. The van der Waals surface area contributed by atoms with Gasteiger partial charge in [0.25, 0.3) is 5.82 Å². The van der Waals surface area contributed by atoms with Crippen LogP contribution in [0.4, 0.5) is 0 Å². The second-order valence-electron chi connectivity index (χ2n) is 16.7. The summed E-state index contributed by atoms with van der Waals surface area (Å²) in [4.78, 5) is 0. The minimum atomic E-state index is -0.0707. The fourth-order valence-corrected chi connectivity index (χ4v) is 6.82. The van der Waals surface area contributed by atoms with Gasteiger partial charge in [-0.2, -0.15) is 4.57 Å². The number of nitrogens with zero attached hydrogens (tertiary/aromatic N) is 2. The minimum Gasteiger partial charge on any atom is -0.229 e. The third kappa shape index (κ3) is 5.62. The molecular weight excluding hydrogens is 532 g/mol. The van der Waals surface area contributed by atoms with E-state index in [1.165, 1.54) is 66.7 Å². The number of imidazole rings is 1. The average molecular weight is 588 g/mol. The summed E-state index contributed by atoms with van der Waals surface area (Å²) in [6.07, 6.45) is 0. The van der Waals surface area contributed by atoms with Crippen molar-refractivity contribution in [2.24, 2.45) is 7.05 Å². The molecular formula is C42H55N2+. The molecule has 1 aromatic heterocycles. The summed E-state index contributed by atoms with van der Waals surface area (Å²) in [5.74, 6) is 2.02. The lowest BCUT2D eigenvalue weighted by Gasteiger charge is -2.27. The third-order valence-corrected chi connectivity index (χ3v) is 9.30. The van der Waals surface area contributed by atoms with Crippen molar-refractivity contribution in [2.45, 2.75) is 118 Å². The van der Waals surface area contributed by atoms with Crippen molar-refractivity contribution in [3.63, 3.8) is 0 Å². The van der Waals surface area contributed by atoms with Gasteiger partial charge in [0.2, 0.25) is 0 Å². The number of aryl methyl sites for hydroxylation is 1. The van der Waals surface area contributed by atoms with Gasteiger partial charge in [0.1, 0.15) is 5.69 Å². The van der Waals surface area contributed by atoms with E-state index in [2.05, 4.69) is 173 Å². The molecule has 0 saturated heterocycles. The molecule has 0 saturated carbocycles. The molecule has 232 valence electrons. The van der Waals surface area contributed by atoms with Crippen LogP contribution in [0.1, 0.15) is 130 Å². The Morgan fingerprint density at radius 3 is 1.57 bits per heavy atom. The lowest BCUT2D eigenvalue weighted by Crippen LogP contribution is -2.43. The van der Waals surface area contributed by atoms with Crippen molar-refractivity contribution in [1.29, 1.82) is 0 Å². The zero-order chi connectivity index (χ0) is 32.5. The highest BCUT2D eigenvalue weighted by Gasteiger charge is 2.37. The Morgan fingerprint density at radius 2 is 1.09 bits per heavy atom. The highest BCUT2D eigenvalue weighted by molar-refractivity contribution is 6.02. The Kier molecular flexibility index (Phi) is 7.93. The maximum atomic E-state index is 2.64. The van der Waals surface area contributed by atoms with Gasteiger partial charge in [-0.1, -0.05) is 106 Å². The van der Waals surface area contributed by atoms with Crippen LogP contribution in [0, 0.1) is 0 Å². The van der Waals surface area contributed by atoms with E-state index < -0.39 is 0 Å². The van der Waals surface area contributed by atoms with Crippen LogP contribution in [0.3, 0.4) is 0 Å². The minimum absolute atomic E-state index is 0.0686. The zero-order valence-corrected chi connectivity index (χ0v) is 29.9. The van der Waals surface area contributed by atoms with Crippen molar-refractivity contribution >= 4 is 21.8 Å². The molecule has 4 aromatic carbocycles. The molecule has 44 heavy (non-hydrogen) atoms. The molecule has 5 aromatic rings. The van der Waals surface area contributed by atoms with Crippen LogP contribution in [-0.4, -0.2) is 4.57 Å². The quantitative estimate of drug-likeness (QED) is 0.185. The van der Waals surface area contributed by atoms with Crippen LogP contribution in [0.25, 0.3) is 38.6 Å². The van der Waals surface area contributed by atoms with Gasteiger partial charge in [-0.15, -0.1) is 0 Å². The summed E-state index contributed by atoms with van der Waals surface area (Å²) in [5, 5.41) is 2.58. The molecule has 0 amide bonds. The van der Waals surface area contributed by atoms with E-state index in [9.17, 15) is 0 Å². The molecule has 0 N–H and O–H groups in total. The Hall–Kier alpha value is -3.39. The molecule has 0 aliphatic heterocycles. The summed E-state index contributed by atoms with van der Waals surface area (Å²) in [6, 6.07) is 25.8. The van der Waals surface area contributed by atoms with Gasteiger partial charge >= 0.3 is 0 Å². The first-order valence-corrected chi connectivity index (χ1v) is 16.6. The number of fused-ring (bicyclic) bond motifs is 3. The highest BCUT2D eigenvalue weighted by atomic mass is 15.2. The molecule has 1 heterocycles. The van der Waals surface area contributed by atoms with Crippen molar-refractivity contribution in [1.82, 2.24) is 4.57 Å². The standard InChI is InChI=1S/C42H55N2/c1-26(2)34-23-30(29-21-31(40(5,6)7)25-32(22-29)41(8,9)10)24-35(27(3)4)37(34)44-38-33-18-16-15-17-28(33)19-20-36(38)43(14)39(44)42(11,12)13/h15-27H,1-14H3/q+1. The van der Waals surface area contributed by atoms with Crippen molar-refractivity contribution in [3.8, 4) is 16.8 Å². The Morgan fingerprint density at radius 1 is 0.591 bits per heavy atom. The Labute approximate surface area is 267 Å². The van der Waals surface area contributed by atoms with E-state index in [4.69, 9.17) is 0 Å². The van der Waals surface area contributed by atoms with Crippen LogP contribution in [0.15, 0.2) is 66.7 Å². The van der Waals surface area contributed by atoms with Crippen LogP contribution in [0.2, 0.25) is 0 Å². The first-order valence-electron chi connectivity index (χ1n) is 16.6. The molecule has 5 rings (SSSR count). The van der Waals surface area contributed by atoms with E-state index in [0.29, 0.717) is 11.8 Å². The molecule has 0 aliphatic carbocycles. The van der Waals surface area contributed by atoms with E-state index in [1.54, 1.807) is 0 Å². The summed E-state index contributed by atoms with van der Waals surface area (Å²) < 4.78 is 5.07. The van der Waals surface area contributed by atoms with Crippen molar-refractivity contribution in [3.05, 3.63) is 94.8 Å². The molecule has 2 heteroatoms. The molecule has 0 aliphatic rings. The van der Waals surface area contributed by atoms with Crippen LogP contribution in [0.5, 0.6) is 0 Å². The topological polar surface area (TPSA) is 8.81 Å². The molecule has 0 fully saturated rings. The van der Waals surface area contributed by atoms with Crippen molar-refractivity contribution in [2.75, 3.05) is 0 Å². The largest absolute Gasteiger partial charge is 0.267 e. The lowest BCUT2D eigenvalue weighted by atomic mass is 9.78. The number of hydrogen-bond acceptors (Lipinski definition) is 0. The van der Waals surface area contributed by atoms with E-state index >= 15 is 0 Å². The zero-order valence-electron chi connectivity index (χ0n) is 29.9. The SMILES string of the molecule is CC(C)c1cc(-c2cc(C(C)(C)C)cc(C(C)(C)C)c2)cc(C(C)C)c1-[n+]1c(C(C)(C)C)n(C)c2ccc3ccccc3c21. The van der Waals surface area contributed by atoms with Gasteiger partial charge in [-0.05, 0) is 101 Å². The summed E-state index contributed by atoms with van der Waals surface area (Å²) >= 11 is 0. The summed E-state index contributed by atoms with van der Waals surface area (Å²) in [5.41, 5.74) is 12.2. The van der Waals surface area contributed by atoms with Gasteiger partial charge in [0, 0.05) is 16.5 Å². The maximum Gasteiger partial charge on any atom is 0.267 e. The molecule has 0 bridgehead atoms. The van der Waals surface area contributed by atoms with Gasteiger partial charge in [-0.3, -0.25) is 0 Å². The molecule has 0 unspecified atom stereocenters. The van der Waals surface area contributed by atoms with Crippen LogP contribution in [-0.2, 0) is 23.3 Å². The second kappa shape index (κ2) is 10.9. The molecule has 0 atom stereocenters. The fourth-order valence-electron chi connectivity index (χ4n) is 6.82. The van der Waals surface area contributed by atoms with Gasteiger partial charge in [0.05, 0.1) is 12.5 Å². The summed E-state index contributed by atoms with van der Waals surface area (Å²) in [7, 11) is 2.25. The molecule has 2 nitrogen and oxygen atoms in total. The Bertz CT molecular complexity index is 1800. The highest BCUT2D eigenvalue weighted by Crippen LogP contribution is 2.40. The smallest absolute Gasteiger partial charge is 0.229 e. The average Bonchev–Trinajstić information content (AvgIpc) is 3.23. The monoisotopic (exact) mass is 587 g/mol. The van der Waals surface area contributed by atoms with Gasteiger partial charge in [0.15, 0.2) is 11.0 Å². The van der Waals surface area contributed by atoms with Gasteiger partial charge in [-0.25, -0.2) is 4.57 Å². The predicted molar refractivity (Wildman–Crippen MR) is 192 cm³/mol. The number of aromatic nitrogens is 2. The lowest BCUT2D eigenvalue weighted by molar-refractivity contribution is -0.582. The Balaban J connectivity index is 1.96. The summed E-state index contributed by atoms with van der Waals surface area (Å²) in [6.45, 7) is 30.5. The third-order valence-electron chi connectivity index (χ3n) is 9.30. The van der Waals surface area contributed by atoms with Crippen LogP contribution >= 0.6 is 0 Å². The van der Waals surface area contributed by atoms with E-state index in [1.807, 2.05) is 0 Å².